The Morgan fingerprint density at radius 2 is 2.10 bits per heavy atom. The van der Waals surface area contributed by atoms with Gasteiger partial charge in [0.05, 0.1) is 6.61 Å². The van der Waals surface area contributed by atoms with Crippen LogP contribution in [0, 0.1) is 0 Å². The minimum absolute atomic E-state index is 0.159. The Bertz CT molecular complexity index is 458. The molecule has 0 N–H and O–H groups in total. The van der Waals surface area contributed by atoms with Gasteiger partial charge in [0.25, 0.3) is 0 Å². The van der Waals surface area contributed by atoms with E-state index in [0.29, 0.717) is 32.4 Å². The highest BCUT2D eigenvalue weighted by Gasteiger charge is 2.30. The Balaban J connectivity index is 1.91. The fourth-order valence-electron chi connectivity index (χ4n) is 2.61. The number of likely N-dealkylation sites (tertiary alicyclic amines) is 1. The number of hydrogen-bond acceptors (Lipinski definition) is 3. The summed E-state index contributed by atoms with van der Waals surface area (Å²) in [5.41, 5.74) is 1.13. The molecule has 1 aromatic carbocycles. The van der Waals surface area contributed by atoms with Crippen molar-refractivity contribution in [3.63, 3.8) is 0 Å². The summed E-state index contributed by atoms with van der Waals surface area (Å²) < 4.78 is 4.94. The zero-order valence-electron chi connectivity index (χ0n) is 11.9. The number of ether oxygens (including phenoxy) is 1. The number of carbonyl (C=O) groups is 2. The monoisotopic (exact) mass is 275 g/mol. The number of carbonyl (C=O) groups excluding carboxylic acids is 2. The predicted molar refractivity (Wildman–Crippen MR) is 75.9 cm³/mol. The molecule has 0 aliphatic carbocycles. The largest absolute Gasteiger partial charge is 0.466 e. The van der Waals surface area contributed by atoms with Crippen LogP contribution in [0.2, 0.25) is 0 Å². The van der Waals surface area contributed by atoms with Crippen molar-refractivity contribution in [3.05, 3.63) is 35.9 Å². The van der Waals surface area contributed by atoms with Crippen LogP contribution in [-0.4, -0.2) is 29.4 Å². The van der Waals surface area contributed by atoms with Gasteiger partial charge in [-0.15, -0.1) is 0 Å². The maximum Gasteiger partial charge on any atom is 0.305 e. The summed E-state index contributed by atoms with van der Waals surface area (Å²) in [5, 5.41) is 0. The first-order valence-corrected chi connectivity index (χ1v) is 7.19. The Hall–Kier alpha value is -1.84. The topological polar surface area (TPSA) is 46.6 Å². The normalized spacial score (nSPS) is 18.4. The summed E-state index contributed by atoms with van der Waals surface area (Å²) in [6.45, 7) is 2.85. The van der Waals surface area contributed by atoms with Crippen molar-refractivity contribution in [2.75, 3.05) is 6.61 Å². The molecule has 1 aliphatic heterocycles. The van der Waals surface area contributed by atoms with E-state index in [4.69, 9.17) is 4.74 Å². The molecule has 0 radical (unpaired) electrons. The van der Waals surface area contributed by atoms with E-state index in [1.165, 1.54) is 0 Å². The predicted octanol–water partition coefficient (Wildman–Crippen LogP) is 2.52. The van der Waals surface area contributed by atoms with Gasteiger partial charge in [0, 0.05) is 25.4 Å². The van der Waals surface area contributed by atoms with Crippen molar-refractivity contribution in [2.24, 2.45) is 0 Å². The lowest BCUT2D eigenvalue weighted by Gasteiger charge is -2.24. The smallest absolute Gasteiger partial charge is 0.305 e. The molecule has 4 heteroatoms. The molecule has 1 fully saturated rings. The first-order chi connectivity index (χ1) is 9.70. The molecular formula is C16H21NO3. The van der Waals surface area contributed by atoms with Crippen molar-refractivity contribution in [3.8, 4) is 0 Å². The molecule has 1 saturated heterocycles. The van der Waals surface area contributed by atoms with Gasteiger partial charge in [-0.25, -0.2) is 0 Å². The molecule has 0 bridgehead atoms. The lowest BCUT2D eigenvalue weighted by molar-refractivity contribution is -0.144. The van der Waals surface area contributed by atoms with E-state index in [1.54, 1.807) is 6.92 Å². The molecule has 20 heavy (non-hydrogen) atoms. The van der Waals surface area contributed by atoms with Gasteiger partial charge in [0.2, 0.25) is 5.91 Å². The highest BCUT2D eigenvalue weighted by Crippen LogP contribution is 2.24. The Morgan fingerprint density at radius 1 is 1.35 bits per heavy atom. The number of esters is 1. The maximum absolute atomic E-state index is 12.0. The Morgan fingerprint density at radius 3 is 2.80 bits per heavy atom. The molecule has 0 spiro atoms. The standard InChI is InChI=1S/C16H21NO3/c1-2-20-16(19)11-9-14-8-10-15(18)17(14)12-13-6-4-3-5-7-13/h3-7,14H,2,8-12H2,1H3/t14-/m0/s1. The second-order valence-corrected chi connectivity index (χ2v) is 5.04. The number of amides is 1. The van der Waals surface area contributed by atoms with E-state index in [9.17, 15) is 9.59 Å². The van der Waals surface area contributed by atoms with Crippen LogP contribution in [0.1, 0.15) is 38.2 Å². The van der Waals surface area contributed by atoms with E-state index in [2.05, 4.69) is 0 Å². The van der Waals surface area contributed by atoms with Crippen molar-refractivity contribution in [2.45, 2.75) is 45.2 Å². The third kappa shape index (κ3) is 3.83. The average Bonchev–Trinajstić information content (AvgIpc) is 2.79. The molecule has 1 amide bonds. The summed E-state index contributed by atoms with van der Waals surface area (Å²) in [7, 11) is 0. The molecule has 2 rings (SSSR count). The van der Waals surface area contributed by atoms with Crippen LogP contribution in [0.3, 0.4) is 0 Å². The lowest BCUT2D eigenvalue weighted by atomic mass is 10.1. The van der Waals surface area contributed by atoms with Crippen LogP contribution in [-0.2, 0) is 20.9 Å². The summed E-state index contributed by atoms with van der Waals surface area (Å²) in [4.78, 5) is 25.3. The van der Waals surface area contributed by atoms with Gasteiger partial charge < -0.3 is 9.64 Å². The molecule has 4 nitrogen and oxygen atoms in total. The second-order valence-electron chi connectivity index (χ2n) is 5.04. The highest BCUT2D eigenvalue weighted by molar-refractivity contribution is 5.79. The van der Waals surface area contributed by atoms with Crippen molar-refractivity contribution < 1.29 is 14.3 Å². The van der Waals surface area contributed by atoms with Gasteiger partial charge in [0.1, 0.15) is 0 Å². The lowest BCUT2D eigenvalue weighted by Crippen LogP contribution is -2.32. The Kier molecular flexibility index (Phi) is 5.16. The van der Waals surface area contributed by atoms with Crippen molar-refractivity contribution in [1.82, 2.24) is 4.90 Å². The first-order valence-electron chi connectivity index (χ1n) is 7.19. The van der Waals surface area contributed by atoms with E-state index < -0.39 is 0 Å². The molecule has 1 aliphatic rings. The van der Waals surface area contributed by atoms with E-state index in [1.807, 2.05) is 35.2 Å². The first kappa shape index (κ1) is 14.6. The summed E-state index contributed by atoms with van der Waals surface area (Å²) >= 11 is 0. The maximum atomic E-state index is 12.0. The summed E-state index contributed by atoms with van der Waals surface area (Å²) in [5.74, 6) is 0.00854. The van der Waals surface area contributed by atoms with Crippen molar-refractivity contribution >= 4 is 11.9 Å². The number of hydrogen-bond donors (Lipinski definition) is 0. The molecule has 1 aromatic rings. The quantitative estimate of drug-likeness (QED) is 0.749. The van der Waals surface area contributed by atoms with Crippen LogP contribution in [0.4, 0.5) is 0 Å². The zero-order chi connectivity index (χ0) is 14.4. The summed E-state index contributed by atoms with van der Waals surface area (Å²) in [6, 6.07) is 10.1. The second kappa shape index (κ2) is 7.08. The fraction of sp³-hybridized carbons (Fsp3) is 0.500. The molecule has 0 saturated carbocycles. The number of rotatable bonds is 6. The van der Waals surface area contributed by atoms with Gasteiger partial charge in [-0.05, 0) is 25.3 Å². The van der Waals surface area contributed by atoms with E-state index >= 15 is 0 Å². The number of nitrogens with zero attached hydrogens (tertiary/aromatic N) is 1. The molecule has 0 unspecified atom stereocenters. The minimum Gasteiger partial charge on any atom is -0.466 e. The van der Waals surface area contributed by atoms with Crippen LogP contribution < -0.4 is 0 Å². The fourth-order valence-corrected chi connectivity index (χ4v) is 2.61. The minimum atomic E-state index is -0.175. The van der Waals surface area contributed by atoms with E-state index in [0.717, 1.165) is 12.0 Å². The number of benzene rings is 1. The van der Waals surface area contributed by atoms with Crippen LogP contribution in [0.5, 0.6) is 0 Å². The summed E-state index contributed by atoms with van der Waals surface area (Å²) in [6.07, 6.45) is 2.50. The van der Waals surface area contributed by atoms with Gasteiger partial charge in [-0.2, -0.15) is 0 Å². The third-order valence-corrected chi connectivity index (χ3v) is 3.64. The van der Waals surface area contributed by atoms with Gasteiger partial charge in [-0.1, -0.05) is 30.3 Å². The molecule has 1 heterocycles. The van der Waals surface area contributed by atoms with Gasteiger partial charge in [-0.3, -0.25) is 9.59 Å². The van der Waals surface area contributed by atoms with Crippen LogP contribution in [0.15, 0.2) is 30.3 Å². The van der Waals surface area contributed by atoms with E-state index in [-0.39, 0.29) is 17.9 Å². The zero-order valence-corrected chi connectivity index (χ0v) is 11.9. The van der Waals surface area contributed by atoms with Crippen LogP contribution in [0.25, 0.3) is 0 Å². The Labute approximate surface area is 119 Å². The van der Waals surface area contributed by atoms with Gasteiger partial charge >= 0.3 is 5.97 Å². The van der Waals surface area contributed by atoms with Crippen molar-refractivity contribution in [1.29, 1.82) is 0 Å². The van der Waals surface area contributed by atoms with Crippen LogP contribution >= 0.6 is 0 Å². The molecule has 0 aromatic heterocycles. The molecule has 108 valence electrons. The molecular weight excluding hydrogens is 254 g/mol. The van der Waals surface area contributed by atoms with Gasteiger partial charge in [0.15, 0.2) is 0 Å². The molecule has 1 atom stereocenters. The third-order valence-electron chi connectivity index (χ3n) is 3.64. The average molecular weight is 275 g/mol. The SMILES string of the molecule is CCOC(=O)CC[C@@H]1CCC(=O)N1Cc1ccccc1. The highest BCUT2D eigenvalue weighted by atomic mass is 16.5.